The third-order valence-corrected chi connectivity index (χ3v) is 6.21. The van der Waals surface area contributed by atoms with Crippen LogP contribution in [0.1, 0.15) is 26.5 Å². The molecule has 32 heavy (non-hydrogen) atoms. The average molecular weight is 449 g/mol. The molecule has 0 atom stereocenters. The number of nitrogens with one attached hydrogen (secondary N) is 1. The van der Waals surface area contributed by atoms with Gasteiger partial charge in [0.15, 0.2) is 11.5 Å². The number of ether oxygens (including phenoxy) is 2. The van der Waals surface area contributed by atoms with Gasteiger partial charge < -0.3 is 19.4 Å². The highest BCUT2D eigenvalue weighted by Gasteiger charge is 2.17. The lowest BCUT2D eigenvalue weighted by Crippen LogP contribution is -2.22. The number of rotatable bonds is 8. The van der Waals surface area contributed by atoms with E-state index in [4.69, 9.17) is 9.47 Å². The van der Waals surface area contributed by atoms with Gasteiger partial charge in [0.2, 0.25) is 0 Å². The Balaban J connectivity index is 1.45. The molecule has 0 aliphatic rings. The van der Waals surface area contributed by atoms with E-state index < -0.39 is 0 Å². The zero-order valence-corrected chi connectivity index (χ0v) is 19.0. The fraction of sp³-hybridized carbons (Fsp3) is 0.208. The van der Waals surface area contributed by atoms with E-state index in [9.17, 15) is 4.79 Å². The van der Waals surface area contributed by atoms with Crippen LogP contribution in [0.15, 0.2) is 61.2 Å². The number of carbonyl (C=O) groups is 1. The molecule has 0 unspecified atom stereocenters. The summed E-state index contributed by atoms with van der Waals surface area (Å²) in [6.45, 7) is 3.03. The highest BCUT2D eigenvalue weighted by Crippen LogP contribution is 2.35. The normalized spacial score (nSPS) is 10.7. The molecule has 2 aromatic carbocycles. The number of aromatic nitrogens is 3. The molecule has 0 saturated heterocycles. The fourth-order valence-corrected chi connectivity index (χ4v) is 4.37. The molecule has 164 valence electrons. The molecule has 0 aliphatic heterocycles. The first-order chi connectivity index (χ1) is 15.6. The highest BCUT2D eigenvalue weighted by atomic mass is 32.1. The van der Waals surface area contributed by atoms with Crippen molar-refractivity contribution in [3.8, 4) is 22.1 Å². The van der Waals surface area contributed by atoms with Gasteiger partial charge in [0, 0.05) is 31.0 Å². The van der Waals surface area contributed by atoms with E-state index in [1.54, 1.807) is 26.7 Å². The maximum atomic E-state index is 12.9. The molecule has 7 nitrogen and oxygen atoms in total. The minimum Gasteiger partial charge on any atom is -0.493 e. The first-order valence-corrected chi connectivity index (χ1v) is 10.9. The molecule has 2 heterocycles. The highest BCUT2D eigenvalue weighted by molar-refractivity contribution is 7.17. The van der Waals surface area contributed by atoms with Gasteiger partial charge in [0.05, 0.1) is 26.2 Å². The van der Waals surface area contributed by atoms with Crippen molar-refractivity contribution in [3.63, 3.8) is 0 Å². The number of carbonyl (C=O) groups excluding carboxylic acids is 1. The Morgan fingerprint density at radius 1 is 1.09 bits per heavy atom. The van der Waals surface area contributed by atoms with E-state index in [0.717, 1.165) is 28.2 Å². The molecule has 0 radical (unpaired) electrons. The van der Waals surface area contributed by atoms with E-state index >= 15 is 0 Å². The lowest BCUT2D eigenvalue weighted by Gasteiger charge is -2.08. The Hall–Kier alpha value is -3.65. The van der Waals surface area contributed by atoms with Crippen LogP contribution < -0.4 is 14.8 Å². The van der Waals surface area contributed by atoms with Gasteiger partial charge in [-0.15, -0.1) is 11.3 Å². The number of thiazole rings is 1. The number of amides is 1. The van der Waals surface area contributed by atoms with Crippen molar-refractivity contribution in [1.82, 2.24) is 19.9 Å². The minimum absolute atomic E-state index is 0.133. The minimum atomic E-state index is -0.133. The maximum Gasteiger partial charge on any atom is 0.263 e. The second kappa shape index (κ2) is 9.65. The van der Waals surface area contributed by atoms with Crippen LogP contribution in [0.4, 0.5) is 0 Å². The molecule has 0 aliphatic carbocycles. The van der Waals surface area contributed by atoms with Crippen LogP contribution in [0.3, 0.4) is 0 Å². The van der Waals surface area contributed by atoms with Crippen LogP contribution in [-0.2, 0) is 13.1 Å². The number of nitrogens with zero attached hydrogens (tertiary/aromatic N) is 3. The molecule has 0 fully saturated rings. The first kappa shape index (κ1) is 21.6. The van der Waals surface area contributed by atoms with Crippen LogP contribution in [0, 0.1) is 6.92 Å². The lowest BCUT2D eigenvalue weighted by molar-refractivity contribution is 0.0954. The Labute approximate surface area is 190 Å². The van der Waals surface area contributed by atoms with Crippen molar-refractivity contribution >= 4 is 17.2 Å². The van der Waals surface area contributed by atoms with E-state index in [1.165, 1.54) is 11.3 Å². The number of benzene rings is 2. The van der Waals surface area contributed by atoms with Crippen molar-refractivity contribution in [1.29, 1.82) is 0 Å². The van der Waals surface area contributed by atoms with Crippen molar-refractivity contribution in [2.45, 2.75) is 20.0 Å². The summed E-state index contributed by atoms with van der Waals surface area (Å²) in [5.41, 5.74) is 3.77. The molecule has 4 aromatic rings. The largest absolute Gasteiger partial charge is 0.493 e. The predicted molar refractivity (Wildman–Crippen MR) is 124 cm³/mol. The number of hydrogen-bond acceptors (Lipinski definition) is 6. The average Bonchev–Trinajstić information content (AvgIpc) is 3.47. The standard InChI is InChI=1S/C24H24N4O3S/c1-16-22(32-24(27-16)19-7-8-20(30-2)21(12-19)31-3)23(29)26-13-17-5-4-6-18(11-17)14-28-10-9-25-15-28/h4-12,15H,13-14H2,1-3H3,(H,26,29). The monoisotopic (exact) mass is 448 g/mol. The smallest absolute Gasteiger partial charge is 0.263 e. The zero-order valence-electron chi connectivity index (χ0n) is 18.2. The zero-order chi connectivity index (χ0) is 22.5. The SMILES string of the molecule is COc1ccc(-c2nc(C)c(C(=O)NCc3cccc(Cn4ccnc4)c3)s2)cc1OC. The molecular weight excluding hydrogens is 424 g/mol. The summed E-state index contributed by atoms with van der Waals surface area (Å²) in [5.74, 6) is 1.14. The van der Waals surface area contributed by atoms with E-state index in [1.807, 2.05) is 48.0 Å². The predicted octanol–water partition coefficient (Wildman–Crippen LogP) is 4.31. The van der Waals surface area contributed by atoms with Gasteiger partial charge in [-0.2, -0.15) is 0 Å². The summed E-state index contributed by atoms with van der Waals surface area (Å²) in [7, 11) is 3.19. The van der Waals surface area contributed by atoms with Gasteiger partial charge in [-0.25, -0.2) is 9.97 Å². The van der Waals surface area contributed by atoms with Crippen molar-refractivity contribution < 1.29 is 14.3 Å². The molecule has 1 N–H and O–H groups in total. The third kappa shape index (κ3) is 4.81. The Kier molecular flexibility index (Phi) is 6.51. The maximum absolute atomic E-state index is 12.9. The Morgan fingerprint density at radius 3 is 2.66 bits per heavy atom. The van der Waals surface area contributed by atoms with Crippen molar-refractivity contribution in [3.05, 3.63) is 82.9 Å². The van der Waals surface area contributed by atoms with Gasteiger partial charge in [-0.3, -0.25) is 4.79 Å². The second-order valence-corrected chi connectivity index (χ2v) is 8.24. The summed E-state index contributed by atoms with van der Waals surface area (Å²) < 4.78 is 12.7. The first-order valence-electron chi connectivity index (χ1n) is 10.1. The molecule has 0 saturated carbocycles. The molecule has 1 amide bonds. The topological polar surface area (TPSA) is 78.3 Å². The molecule has 0 spiro atoms. The Bertz CT molecular complexity index is 1220. The number of aryl methyl sites for hydroxylation is 1. The van der Waals surface area contributed by atoms with Crippen LogP contribution in [-0.4, -0.2) is 34.7 Å². The second-order valence-electron chi connectivity index (χ2n) is 7.24. The van der Waals surface area contributed by atoms with E-state index in [-0.39, 0.29) is 5.91 Å². The van der Waals surface area contributed by atoms with E-state index in [0.29, 0.717) is 28.6 Å². The molecule has 4 rings (SSSR count). The third-order valence-electron chi connectivity index (χ3n) is 5.00. The molecule has 8 heteroatoms. The van der Waals surface area contributed by atoms with Crippen LogP contribution in [0.2, 0.25) is 0 Å². The van der Waals surface area contributed by atoms with Gasteiger partial charge >= 0.3 is 0 Å². The summed E-state index contributed by atoms with van der Waals surface area (Å²) in [6.07, 6.45) is 5.48. The van der Waals surface area contributed by atoms with Crippen LogP contribution in [0.5, 0.6) is 11.5 Å². The van der Waals surface area contributed by atoms with Crippen LogP contribution in [0.25, 0.3) is 10.6 Å². The van der Waals surface area contributed by atoms with Crippen molar-refractivity contribution in [2.75, 3.05) is 14.2 Å². The summed E-state index contributed by atoms with van der Waals surface area (Å²) in [6, 6.07) is 13.8. The molecular formula is C24H24N4O3S. The number of hydrogen-bond donors (Lipinski definition) is 1. The van der Waals surface area contributed by atoms with Gasteiger partial charge in [0.25, 0.3) is 5.91 Å². The van der Waals surface area contributed by atoms with E-state index in [2.05, 4.69) is 27.4 Å². The lowest BCUT2D eigenvalue weighted by atomic mass is 10.1. The van der Waals surface area contributed by atoms with Gasteiger partial charge in [0.1, 0.15) is 9.88 Å². The summed E-state index contributed by atoms with van der Waals surface area (Å²) >= 11 is 1.36. The number of methoxy groups -OCH3 is 2. The van der Waals surface area contributed by atoms with Gasteiger partial charge in [-0.1, -0.05) is 24.3 Å². The summed E-state index contributed by atoms with van der Waals surface area (Å²) in [5, 5.41) is 3.78. The quantitative estimate of drug-likeness (QED) is 0.435. The molecule has 0 bridgehead atoms. The fourth-order valence-electron chi connectivity index (χ4n) is 3.39. The Morgan fingerprint density at radius 2 is 1.91 bits per heavy atom. The van der Waals surface area contributed by atoms with Crippen LogP contribution >= 0.6 is 11.3 Å². The summed E-state index contributed by atoms with van der Waals surface area (Å²) in [4.78, 5) is 22.1. The van der Waals surface area contributed by atoms with Gasteiger partial charge in [-0.05, 0) is 36.2 Å². The number of imidazole rings is 1. The van der Waals surface area contributed by atoms with Crippen molar-refractivity contribution in [2.24, 2.45) is 0 Å². The molecule has 2 aromatic heterocycles.